The number of nitrogens with zero attached hydrogens (tertiary/aromatic N) is 4. The van der Waals surface area contributed by atoms with Gasteiger partial charge in [0.15, 0.2) is 5.82 Å². The van der Waals surface area contributed by atoms with E-state index in [1.807, 2.05) is 6.92 Å². The van der Waals surface area contributed by atoms with Gasteiger partial charge in [-0.05, 0) is 49.4 Å². The molecule has 1 aliphatic rings. The van der Waals surface area contributed by atoms with Crippen LogP contribution < -0.4 is 4.74 Å². The maximum atomic E-state index is 15.1. The van der Waals surface area contributed by atoms with Gasteiger partial charge in [0.2, 0.25) is 5.88 Å². The summed E-state index contributed by atoms with van der Waals surface area (Å²) in [5, 5.41) is 0. The number of carbonyl (C=O) groups excluding carboxylic acids is 1. The Hall–Kier alpha value is -3.56. The minimum Gasteiger partial charge on any atom is -0.475 e. The normalized spacial score (nSPS) is 18.4. The van der Waals surface area contributed by atoms with Gasteiger partial charge < -0.3 is 9.64 Å². The number of piperidine rings is 1. The van der Waals surface area contributed by atoms with Gasteiger partial charge >= 0.3 is 6.18 Å². The summed E-state index contributed by atoms with van der Waals surface area (Å²) >= 11 is 0. The van der Waals surface area contributed by atoms with E-state index in [0.29, 0.717) is 23.9 Å². The van der Waals surface area contributed by atoms with Crippen LogP contribution in [-0.2, 0) is 6.18 Å². The third-order valence-corrected chi connectivity index (χ3v) is 6.21. The number of hydrogen-bond donors (Lipinski definition) is 0. The molecular formula is C25H24F4N4O2. The molecule has 6 nitrogen and oxygen atoms in total. The van der Waals surface area contributed by atoms with Crippen LogP contribution in [0.2, 0.25) is 0 Å². The predicted octanol–water partition coefficient (Wildman–Crippen LogP) is 5.32. The molecule has 2 atom stereocenters. The topological polar surface area (TPSA) is 68.2 Å². The van der Waals surface area contributed by atoms with Crippen molar-refractivity contribution in [3.05, 3.63) is 71.4 Å². The molecule has 0 bridgehead atoms. The van der Waals surface area contributed by atoms with E-state index in [2.05, 4.69) is 15.0 Å². The van der Waals surface area contributed by atoms with E-state index in [0.717, 1.165) is 25.0 Å². The number of carbonyl (C=O) groups is 1. The molecule has 3 aromatic rings. The van der Waals surface area contributed by atoms with Gasteiger partial charge in [0.05, 0.1) is 17.2 Å². The Bertz CT molecular complexity index is 1190. The zero-order valence-electron chi connectivity index (χ0n) is 19.2. The molecule has 4 rings (SSSR count). The van der Waals surface area contributed by atoms with Crippen molar-refractivity contribution >= 4 is 5.91 Å². The fraction of sp³-hybridized carbons (Fsp3) is 0.360. The predicted molar refractivity (Wildman–Crippen MR) is 120 cm³/mol. The van der Waals surface area contributed by atoms with Crippen LogP contribution in [0, 0.1) is 18.7 Å². The molecule has 0 unspecified atom stereocenters. The molecule has 0 spiro atoms. The molecule has 0 saturated carbocycles. The lowest BCUT2D eigenvalue weighted by Gasteiger charge is -2.40. The highest BCUT2D eigenvalue weighted by Gasteiger charge is 2.36. The van der Waals surface area contributed by atoms with Crippen molar-refractivity contribution < 1.29 is 27.1 Å². The molecule has 0 aliphatic carbocycles. The van der Waals surface area contributed by atoms with Gasteiger partial charge in [-0.3, -0.25) is 4.79 Å². The summed E-state index contributed by atoms with van der Waals surface area (Å²) in [5.74, 6) is -0.895. The second-order valence-electron chi connectivity index (χ2n) is 8.57. The second-order valence-corrected chi connectivity index (χ2v) is 8.57. The van der Waals surface area contributed by atoms with Crippen LogP contribution in [0.4, 0.5) is 17.6 Å². The SMILES string of the molecule is Cc1ccc(F)c(C(=O)N2CCC[C@@H](C)[C@H]2COc2ccc(C(F)(F)F)cn2)c1-c1ncccn1. The number of halogens is 4. The number of hydrogen-bond acceptors (Lipinski definition) is 5. The van der Waals surface area contributed by atoms with Gasteiger partial charge in [-0.15, -0.1) is 0 Å². The molecule has 1 saturated heterocycles. The lowest BCUT2D eigenvalue weighted by Crippen LogP contribution is -2.51. The van der Waals surface area contributed by atoms with Crippen molar-refractivity contribution in [3.8, 4) is 17.3 Å². The standard InChI is InChI=1S/C25H24F4N4O2/c1-15-5-3-12-33(19(15)14-35-20-9-7-17(13-32-20)25(27,28)29)24(34)22-18(26)8-6-16(2)21(22)23-30-10-4-11-31-23/h4,6-11,13,15,19H,3,5,12,14H2,1-2H3/t15-,19-/m1/s1. The number of aromatic nitrogens is 3. The van der Waals surface area contributed by atoms with Gasteiger partial charge in [-0.1, -0.05) is 13.0 Å². The van der Waals surface area contributed by atoms with Crippen LogP contribution in [0.3, 0.4) is 0 Å². The molecule has 1 aliphatic heterocycles. The van der Waals surface area contributed by atoms with E-state index in [-0.39, 0.29) is 29.8 Å². The highest BCUT2D eigenvalue weighted by molar-refractivity contribution is 6.01. The summed E-state index contributed by atoms with van der Waals surface area (Å²) in [4.78, 5) is 27.5. The quantitative estimate of drug-likeness (QED) is 0.455. The molecule has 1 amide bonds. The monoisotopic (exact) mass is 488 g/mol. The lowest BCUT2D eigenvalue weighted by atomic mass is 9.89. The van der Waals surface area contributed by atoms with E-state index in [1.54, 1.807) is 24.0 Å². The Kier molecular flexibility index (Phi) is 7.00. The maximum absolute atomic E-state index is 15.1. The first-order valence-corrected chi connectivity index (χ1v) is 11.2. The third kappa shape index (κ3) is 5.26. The van der Waals surface area contributed by atoms with Crippen LogP contribution in [0.15, 0.2) is 48.9 Å². The van der Waals surface area contributed by atoms with E-state index in [9.17, 15) is 18.0 Å². The molecule has 10 heteroatoms. The van der Waals surface area contributed by atoms with Gasteiger partial charge in [0.1, 0.15) is 12.4 Å². The van der Waals surface area contributed by atoms with Crippen molar-refractivity contribution in [1.29, 1.82) is 0 Å². The number of pyridine rings is 1. The summed E-state index contributed by atoms with van der Waals surface area (Å²) in [6, 6.07) is 6.07. The molecule has 35 heavy (non-hydrogen) atoms. The Morgan fingerprint density at radius 3 is 2.54 bits per heavy atom. The third-order valence-electron chi connectivity index (χ3n) is 6.21. The van der Waals surface area contributed by atoms with Crippen LogP contribution in [-0.4, -0.2) is 45.0 Å². The van der Waals surface area contributed by atoms with Crippen molar-refractivity contribution in [3.63, 3.8) is 0 Å². The van der Waals surface area contributed by atoms with Gasteiger partial charge in [-0.25, -0.2) is 19.3 Å². The first-order valence-electron chi connectivity index (χ1n) is 11.2. The molecule has 1 aromatic carbocycles. The summed E-state index contributed by atoms with van der Waals surface area (Å²) < 4.78 is 59.2. The minimum atomic E-state index is -4.50. The Morgan fingerprint density at radius 1 is 1.14 bits per heavy atom. The van der Waals surface area contributed by atoms with Crippen LogP contribution in [0.1, 0.15) is 41.3 Å². The molecule has 3 heterocycles. The first-order chi connectivity index (χ1) is 16.7. The number of amides is 1. The minimum absolute atomic E-state index is 0.00980. The van der Waals surface area contributed by atoms with E-state index < -0.39 is 29.5 Å². The van der Waals surface area contributed by atoms with Crippen molar-refractivity contribution in [1.82, 2.24) is 19.9 Å². The summed E-state index contributed by atoms with van der Waals surface area (Å²) in [7, 11) is 0. The highest BCUT2D eigenvalue weighted by atomic mass is 19.4. The number of ether oxygens (including phenoxy) is 1. The van der Waals surface area contributed by atoms with Gasteiger partial charge in [0.25, 0.3) is 5.91 Å². The number of alkyl halides is 3. The zero-order chi connectivity index (χ0) is 25.2. The Morgan fingerprint density at radius 2 is 1.89 bits per heavy atom. The number of rotatable bonds is 5. The fourth-order valence-corrected chi connectivity index (χ4v) is 4.31. The largest absolute Gasteiger partial charge is 0.475 e. The van der Waals surface area contributed by atoms with E-state index >= 15 is 4.39 Å². The van der Waals surface area contributed by atoms with E-state index in [1.165, 1.54) is 18.5 Å². The summed E-state index contributed by atoms with van der Waals surface area (Å²) in [6.07, 6.45) is 0.812. The Labute approximate surface area is 200 Å². The molecule has 0 radical (unpaired) electrons. The molecule has 0 N–H and O–H groups in total. The van der Waals surface area contributed by atoms with Crippen molar-refractivity contribution in [2.75, 3.05) is 13.2 Å². The van der Waals surface area contributed by atoms with Gasteiger partial charge in [0, 0.05) is 36.8 Å². The molecule has 184 valence electrons. The van der Waals surface area contributed by atoms with E-state index in [4.69, 9.17) is 4.74 Å². The fourth-order valence-electron chi connectivity index (χ4n) is 4.31. The van der Waals surface area contributed by atoms with Crippen molar-refractivity contribution in [2.45, 2.75) is 38.9 Å². The average Bonchev–Trinajstić information content (AvgIpc) is 2.84. The average molecular weight is 488 g/mol. The number of aryl methyl sites for hydroxylation is 1. The zero-order valence-corrected chi connectivity index (χ0v) is 19.2. The van der Waals surface area contributed by atoms with Crippen LogP contribution >= 0.6 is 0 Å². The number of benzene rings is 1. The lowest BCUT2D eigenvalue weighted by molar-refractivity contribution is -0.137. The molecule has 2 aromatic heterocycles. The molecular weight excluding hydrogens is 464 g/mol. The van der Waals surface area contributed by atoms with Gasteiger partial charge in [-0.2, -0.15) is 13.2 Å². The summed E-state index contributed by atoms with van der Waals surface area (Å²) in [6.45, 7) is 4.12. The smallest absolute Gasteiger partial charge is 0.417 e. The second kappa shape index (κ2) is 9.97. The first kappa shape index (κ1) is 24.6. The van der Waals surface area contributed by atoms with Crippen LogP contribution in [0.25, 0.3) is 11.4 Å². The van der Waals surface area contributed by atoms with Crippen molar-refractivity contribution in [2.24, 2.45) is 5.92 Å². The molecule has 1 fully saturated rings. The maximum Gasteiger partial charge on any atom is 0.417 e. The summed E-state index contributed by atoms with van der Waals surface area (Å²) in [5.41, 5.74) is 0.00638. The number of likely N-dealkylation sites (tertiary alicyclic amines) is 1. The Balaban J connectivity index is 1.61. The van der Waals surface area contributed by atoms with Crippen LogP contribution in [0.5, 0.6) is 5.88 Å². The highest BCUT2D eigenvalue weighted by Crippen LogP contribution is 2.32.